The zero-order valence-corrected chi connectivity index (χ0v) is 17.9. The molecule has 1 aromatic carbocycles. The largest absolute Gasteiger partial charge is 0.370 e. The highest BCUT2D eigenvalue weighted by molar-refractivity contribution is 8.45. The number of anilines is 2. The standard InChI is InChI=1S/C20H20F5N5OS/c1-3-26-18-10-14(8-9-27-18)17-11-28-30-13(2)12-29(20(31)19(17)30)15-4-6-16(7-5-15)32(21,22,23,24)25/h4-11,13H,3,12H2,1-2H3,(H,26,27)/t13-/m0/s1/i3-1. The van der Waals surface area contributed by atoms with Gasteiger partial charge in [0.15, 0.2) is 0 Å². The fourth-order valence-corrected chi connectivity index (χ4v) is 4.31. The summed E-state index contributed by atoms with van der Waals surface area (Å²) in [7, 11) is -9.79. The molecule has 2 aromatic heterocycles. The summed E-state index contributed by atoms with van der Waals surface area (Å²) in [5, 5.41) is 7.40. The number of nitrogens with zero attached hydrogens (tertiary/aromatic N) is 4. The van der Waals surface area contributed by atoms with Gasteiger partial charge in [0, 0.05) is 30.5 Å². The third kappa shape index (κ3) is 4.01. The van der Waals surface area contributed by atoms with Crippen molar-refractivity contribution in [2.75, 3.05) is 23.3 Å². The molecule has 32 heavy (non-hydrogen) atoms. The second kappa shape index (κ2) is 6.67. The van der Waals surface area contributed by atoms with Crippen molar-refractivity contribution in [1.82, 2.24) is 14.8 Å². The highest BCUT2D eigenvalue weighted by atomic mass is 32.5. The summed E-state index contributed by atoms with van der Waals surface area (Å²) in [6, 6.07) is 5.60. The van der Waals surface area contributed by atoms with Gasteiger partial charge in [0.2, 0.25) is 0 Å². The van der Waals surface area contributed by atoms with E-state index < -0.39 is 21.0 Å². The molecule has 1 aliphatic rings. The molecule has 0 spiro atoms. The maximum atomic E-state index is 13.3. The first-order chi connectivity index (χ1) is 14.8. The van der Waals surface area contributed by atoms with E-state index >= 15 is 0 Å². The minimum absolute atomic E-state index is 0.0916. The summed E-state index contributed by atoms with van der Waals surface area (Å²) >= 11 is 0. The number of halogens is 5. The van der Waals surface area contributed by atoms with Gasteiger partial charge < -0.3 is 10.2 Å². The van der Waals surface area contributed by atoms with Gasteiger partial charge in [-0.05, 0) is 55.8 Å². The first kappa shape index (κ1) is 22.1. The van der Waals surface area contributed by atoms with E-state index in [4.69, 9.17) is 0 Å². The Morgan fingerprint density at radius 1 is 1.12 bits per heavy atom. The Hall–Kier alpha value is -3.15. The number of hydrogen-bond acceptors (Lipinski definition) is 4. The van der Waals surface area contributed by atoms with Crippen molar-refractivity contribution in [3.8, 4) is 11.1 Å². The Kier molecular flexibility index (Phi) is 4.60. The van der Waals surface area contributed by atoms with Crippen LogP contribution in [0.1, 0.15) is 30.4 Å². The van der Waals surface area contributed by atoms with Gasteiger partial charge in [-0.15, -0.1) is 0 Å². The number of benzene rings is 1. The first-order valence-corrected chi connectivity index (χ1v) is 11.7. The van der Waals surface area contributed by atoms with E-state index in [1.54, 1.807) is 36.1 Å². The van der Waals surface area contributed by atoms with Crippen LogP contribution in [0.4, 0.5) is 30.9 Å². The molecule has 0 unspecified atom stereocenters. The molecule has 3 aromatic rings. The fraction of sp³-hybridized carbons (Fsp3) is 0.250. The average molecular weight is 472 g/mol. The van der Waals surface area contributed by atoms with Crippen LogP contribution in [0.2, 0.25) is 0 Å². The number of aromatic nitrogens is 3. The zero-order chi connectivity index (χ0) is 23.4. The number of rotatable bonds is 5. The Bertz CT molecular complexity index is 1190. The van der Waals surface area contributed by atoms with Gasteiger partial charge >= 0.3 is 10.2 Å². The topological polar surface area (TPSA) is 63.1 Å². The highest BCUT2D eigenvalue weighted by Gasteiger charge is 2.65. The molecule has 0 saturated carbocycles. The fourth-order valence-electron chi connectivity index (χ4n) is 3.65. The first-order valence-electron chi connectivity index (χ1n) is 9.72. The van der Waals surface area contributed by atoms with Crippen LogP contribution in [0.25, 0.3) is 11.1 Å². The number of amides is 1. The summed E-state index contributed by atoms with van der Waals surface area (Å²) in [5.41, 5.74) is 1.58. The summed E-state index contributed by atoms with van der Waals surface area (Å²) in [5.74, 6) is 0.127. The SMILES string of the molecule is C[11CH2]Nc1cc(-c2cnn3c2C(=O)N(c2ccc(S(F)(F)(F)(F)F)cc2)C[C@@H]3C)ccn1. The number of carbonyl (C=O) groups is 1. The third-order valence-corrected chi connectivity index (χ3v) is 6.29. The lowest BCUT2D eigenvalue weighted by molar-refractivity contribution is 0.0954. The number of pyridine rings is 1. The predicted molar refractivity (Wildman–Crippen MR) is 114 cm³/mol. The van der Waals surface area contributed by atoms with Crippen LogP contribution in [0, 0.1) is 0 Å². The molecule has 0 fully saturated rings. The lowest BCUT2D eigenvalue weighted by Gasteiger charge is -2.40. The van der Waals surface area contributed by atoms with Gasteiger partial charge in [-0.1, -0.05) is 19.4 Å². The Labute approximate surface area is 180 Å². The number of carbonyl (C=O) groups excluding carboxylic acids is 1. The van der Waals surface area contributed by atoms with Gasteiger partial charge in [-0.25, -0.2) is 4.98 Å². The summed E-state index contributed by atoms with van der Waals surface area (Å²) in [4.78, 5) is 16.8. The quantitative estimate of drug-likeness (QED) is 0.446. The number of fused-ring (bicyclic) bond motifs is 1. The van der Waals surface area contributed by atoms with Gasteiger partial charge in [0.1, 0.15) is 16.4 Å². The van der Waals surface area contributed by atoms with Crippen LogP contribution in [-0.2, 0) is 0 Å². The highest BCUT2D eigenvalue weighted by Crippen LogP contribution is 3.02. The molecule has 1 atom stereocenters. The van der Waals surface area contributed by atoms with E-state index in [9.17, 15) is 24.2 Å². The third-order valence-electron chi connectivity index (χ3n) is 5.13. The van der Waals surface area contributed by atoms with Crippen molar-refractivity contribution >= 4 is 27.6 Å². The van der Waals surface area contributed by atoms with Crippen LogP contribution < -0.4 is 10.2 Å². The Morgan fingerprint density at radius 3 is 2.44 bits per heavy atom. The summed E-state index contributed by atoms with van der Waals surface area (Å²) in [6.07, 6.45) is 3.14. The van der Waals surface area contributed by atoms with Crippen molar-refractivity contribution in [2.24, 2.45) is 0 Å². The summed E-state index contributed by atoms with van der Waals surface area (Å²) < 4.78 is 66.8. The minimum atomic E-state index is -9.79. The van der Waals surface area contributed by atoms with Crippen molar-refractivity contribution in [3.05, 3.63) is 54.5 Å². The molecule has 6 nitrogen and oxygen atoms in total. The lowest BCUT2D eigenvalue weighted by Crippen LogP contribution is -2.42. The number of hydrogen-bond donors (Lipinski definition) is 1. The van der Waals surface area contributed by atoms with E-state index in [0.29, 0.717) is 35.6 Å². The van der Waals surface area contributed by atoms with Crippen LogP contribution in [-0.4, -0.2) is 33.8 Å². The molecular formula is C20H20F5N5OS. The van der Waals surface area contributed by atoms with Crippen LogP contribution in [0.5, 0.6) is 0 Å². The molecule has 1 aliphatic heterocycles. The molecular weight excluding hydrogens is 452 g/mol. The van der Waals surface area contributed by atoms with Crippen molar-refractivity contribution in [3.63, 3.8) is 0 Å². The van der Waals surface area contributed by atoms with Gasteiger partial charge in [-0.3, -0.25) is 9.48 Å². The normalized spacial score (nSPS) is 18.7. The second-order valence-corrected chi connectivity index (χ2v) is 9.95. The van der Waals surface area contributed by atoms with Gasteiger partial charge in [-0.2, -0.15) is 5.10 Å². The van der Waals surface area contributed by atoms with E-state index in [1.807, 2.05) is 6.92 Å². The van der Waals surface area contributed by atoms with E-state index in [-0.39, 0.29) is 24.0 Å². The molecule has 0 radical (unpaired) electrons. The summed E-state index contributed by atoms with van der Waals surface area (Å²) in [6.45, 7) is 4.50. The molecule has 0 saturated heterocycles. The smallest absolute Gasteiger partial charge is 0.310 e. The van der Waals surface area contributed by atoms with Crippen LogP contribution >= 0.6 is 10.2 Å². The molecule has 1 N–H and O–H groups in total. The minimum Gasteiger partial charge on any atom is -0.370 e. The maximum Gasteiger partial charge on any atom is 0.310 e. The van der Waals surface area contributed by atoms with Crippen molar-refractivity contribution < 1.29 is 24.2 Å². The molecule has 0 bridgehead atoms. The van der Waals surface area contributed by atoms with Crippen molar-refractivity contribution in [2.45, 2.75) is 24.8 Å². The molecule has 0 aliphatic carbocycles. The van der Waals surface area contributed by atoms with Gasteiger partial charge in [0.05, 0.1) is 12.2 Å². The van der Waals surface area contributed by atoms with E-state index in [1.165, 1.54) is 4.90 Å². The van der Waals surface area contributed by atoms with E-state index in [2.05, 4.69) is 15.4 Å². The molecule has 12 heteroatoms. The molecule has 1 amide bonds. The van der Waals surface area contributed by atoms with E-state index in [0.717, 1.165) is 12.1 Å². The molecule has 4 rings (SSSR count). The predicted octanol–water partition coefficient (Wildman–Crippen LogP) is 6.26. The number of nitrogens with one attached hydrogen (secondary N) is 1. The Morgan fingerprint density at radius 2 is 1.81 bits per heavy atom. The molecule has 3 heterocycles. The molecule has 172 valence electrons. The van der Waals surface area contributed by atoms with Crippen molar-refractivity contribution in [1.29, 1.82) is 0 Å². The average Bonchev–Trinajstić information content (AvgIpc) is 3.16. The van der Waals surface area contributed by atoms with Crippen LogP contribution in [0.3, 0.4) is 0 Å². The zero-order valence-electron chi connectivity index (χ0n) is 17.1. The Balaban J connectivity index is 1.73. The second-order valence-electron chi connectivity index (χ2n) is 7.54. The maximum absolute atomic E-state index is 13.3. The van der Waals surface area contributed by atoms with Crippen LogP contribution in [0.15, 0.2) is 53.7 Å². The lowest BCUT2D eigenvalue weighted by atomic mass is 10.0. The monoisotopic (exact) mass is 472 g/mol. The van der Waals surface area contributed by atoms with Gasteiger partial charge in [0.25, 0.3) is 5.91 Å².